The Bertz CT molecular complexity index is 462. The van der Waals surface area contributed by atoms with Gasteiger partial charge in [-0.3, -0.25) is 4.90 Å². The number of likely N-dealkylation sites (tertiary alicyclic amines) is 1. The van der Waals surface area contributed by atoms with Crippen molar-refractivity contribution in [2.45, 2.75) is 46.0 Å². The van der Waals surface area contributed by atoms with Gasteiger partial charge in [-0.15, -0.1) is 0 Å². The van der Waals surface area contributed by atoms with Crippen LogP contribution in [0.1, 0.15) is 57.1 Å². The van der Waals surface area contributed by atoms with Gasteiger partial charge in [-0.2, -0.15) is 0 Å². The number of rotatable bonds is 6. The lowest BCUT2D eigenvalue weighted by atomic mass is 9.99. The third kappa shape index (κ3) is 5.16. The van der Waals surface area contributed by atoms with Crippen molar-refractivity contribution in [2.75, 3.05) is 26.2 Å². The molecule has 3 nitrogen and oxygen atoms in total. The highest BCUT2D eigenvalue weighted by molar-refractivity contribution is 5.98. The minimum atomic E-state index is 0.540. The summed E-state index contributed by atoms with van der Waals surface area (Å²) in [5, 5.41) is 4.27. The van der Waals surface area contributed by atoms with Crippen LogP contribution in [0.5, 0.6) is 0 Å². The van der Waals surface area contributed by atoms with Gasteiger partial charge in [-0.25, -0.2) is 0 Å². The van der Waals surface area contributed by atoms with Crippen LogP contribution in [-0.2, 0) is 4.84 Å². The zero-order valence-electron chi connectivity index (χ0n) is 13.6. The highest BCUT2D eigenvalue weighted by Gasteiger charge is 2.09. The molecule has 0 atom stereocenters. The summed E-state index contributed by atoms with van der Waals surface area (Å²) in [7, 11) is 0. The van der Waals surface area contributed by atoms with Gasteiger partial charge in [-0.05, 0) is 56.0 Å². The molecule has 21 heavy (non-hydrogen) atoms. The molecule has 0 bridgehead atoms. The number of hydrogen-bond acceptors (Lipinski definition) is 3. The lowest BCUT2D eigenvalue weighted by Crippen LogP contribution is -2.32. The van der Waals surface area contributed by atoms with Crippen LogP contribution >= 0.6 is 0 Å². The fourth-order valence-corrected chi connectivity index (χ4v) is 2.67. The number of nitrogens with zero attached hydrogens (tertiary/aromatic N) is 2. The molecule has 3 heteroatoms. The maximum absolute atomic E-state index is 5.50. The van der Waals surface area contributed by atoms with E-state index in [-0.39, 0.29) is 0 Å². The normalized spacial score (nSPS) is 17.2. The van der Waals surface area contributed by atoms with Crippen molar-refractivity contribution in [2.24, 2.45) is 5.16 Å². The van der Waals surface area contributed by atoms with Crippen LogP contribution in [0, 0.1) is 0 Å². The lowest BCUT2D eigenvalue weighted by Gasteiger charge is -2.25. The Morgan fingerprint density at radius 1 is 1.24 bits per heavy atom. The van der Waals surface area contributed by atoms with Crippen molar-refractivity contribution in [1.82, 2.24) is 4.90 Å². The standard InChI is InChI=1S/C18H28N2O/c1-15(2)17-8-7-9-18(14-17)16(3)19-21-13-12-20-10-5-4-6-11-20/h7-9,14-15H,4-6,10-13H2,1-3H3/b19-16+. The quantitative estimate of drug-likeness (QED) is 0.448. The molecule has 1 aliphatic heterocycles. The van der Waals surface area contributed by atoms with E-state index in [9.17, 15) is 0 Å². The van der Waals surface area contributed by atoms with Crippen molar-refractivity contribution >= 4 is 5.71 Å². The van der Waals surface area contributed by atoms with Crippen molar-refractivity contribution in [3.63, 3.8) is 0 Å². The van der Waals surface area contributed by atoms with Crippen LogP contribution < -0.4 is 0 Å². The molecule has 0 radical (unpaired) electrons. The molecule has 2 rings (SSSR count). The fourth-order valence-electron chi connectivity index (χ4n) is 2.67. The van der Waals surface area contributed by atoms with Crippen molar-refractivity contribution in [3.05, 3.63) is 35.4 Å². The van der Waals surface area contributed by atoms with Gasteiger partial charge < -0.3 is 4.84 Å². The number of oxime groups is 1. The molecule has 1 heterocycles. The molecule has 1 aromatic carbocycles. The molecule has 0 aromatic heterocycles. The first-order chi connectivity index (χ1) is 10.2. The molecule has 0 unspecified atom stereocenters. The summed E-state index contributed by atoms with van der Waals surface area (Å²) in [5.74, 6) is 0.540. The largest absolute Gasteiger partial charge is 0.394 e. The van der Waals surface area contributed by atoms with Crippen LogP contribution in [0.3, 0.4) is 0 Å². The van der Waals surface area contributed by atoms with E-state index in [1.54, 1.807) is 0 Å². The van der Waals surface area contributed by atoms with Gasteiger partial charge in [0.1, 0.15) is 6.61 Å². The highest BCUT2D eigenvalue weighted by atomic mass is 16.6. The van der Waals surface area contributed by atoms with Crippen molar-refractivity contribution in [3.8, 4) is 0 Å². The molecule has 1 aliphatic rings. The second-order valence-corrected chi connectivity index (χ2v) is 6.19. The van der Waals surface area contributed by atoms with Gasteiger partial charge in [0.25, 0.3) is 0 Å². The Morgan fingerprint density at radius 2 is 2.00 bits per heavy atom. The Labute approximate surface area is 129 Å². The van der Waals surface area contributed by atoms with Gasteiger partial charge in [0.2, 0.25) is 0 Å². The summed E-state index contributed by atoms with van der Waals surface area (Å²) >= 11 is 0. The average molecular weight is 288 g/mol. The van der Waals surface area contributed by atoms with E-state index >= 15 is 0 Å². The second-order valence-electron chi connectivity index (χ2n) is 6.19. The monoisotopic (exact) mass is 288 g/mol. The van der Waals surface area contributed by atoms with Crippen LogP contribution in [0.25, 0.3) is 0 Å². The Kier molecular flexibility index (Phi) is 6.24. The highest BCUT2D eigenvalue weighted by Crippen LogP contribution is 2.16. The molecule has 0 aliphatic carbocycles. The zero-order valence-corrected chi connectivity index (χ0v) is 13.6. The van der Waals surface area contributed by atoms with E-state index in [4.69, 9.17) is 4.84 Å². The van der Waals surface area contributed by atoms with Crippen LogP contribution in [0.4, 0.5) is 0 Å². The molecule has 0 saturated carbocycles. The van der Waals surface area contributed by atoms with E-state index in [2.05, 4.69) is 48.2 Å². The van der Waals surface area contributed by atoms with Crippen molar-refractivity contribution in [1.29, 1.82) is 0 Å². The van der Waals surface area contributed by atoms with Crippen LogP contribution in [0.15, 0.2) is 29.4 Å². The molecular formula is C18H28N2O. The number of benzene rings is 1. The van der Waals surface area contributed by atoms with Crippen molar-refractivity contribution < 1.29 is 4.84 Å². The van der Waals surface area contributed by atoms with Crippen LogP contribution in [0.2, 0.25) is 0 Å². The van der Waals surface area contributed by atoms with Gasteiger partial charge in [0, 0.05) is 6.54 Å². The van der Waals surface area contributed by atoms with E-state index in [1.807, 2.05) is 6.92 Å². The molecule has 0 spiro atoms. The summed E-state index contributed by atoms with van der Waals surface area (Å²) in [6.07, 6.45) is 4.02. The first-order valence-corrected chi connectivity index (χ1v) is 8.16. The Morgan fingerprint density at radius 3 is 2.71 bits per heavy atom. The first kappa shape index (κ1) is 16.0. The molecule has 1 fully saturated rings. The molecule has 0 amide bonds. The molecule has 116 valence electrons. The first-order valence-electron chi connectivity index (χ1n) is 8.16. The minimum absolute atomic E-state index is 0.540. The molecule has 0 N–H and O–H groups in total. The van der Waals surface area contributed by atoms with E-state index < -0.39 is 0 Å². The maximum Gasteiger partial charge on any atom is 0.129 e. The topological polar surface area (TPSA) is 24.8 Å². The van der Waals surface area contributed by atoms with Gasteiger partial charge in [0.15, 0.2) is 0 Å². The molecule has 1 saturated heterocycles. The van der Waals surface area contributed by atoms with Gasteiger partial charge in [-0.1, -0.05) is 43.6 Å². The Balaban J connectivity index is 1.81. The predicted molar refractivity (Wildman–Crippen MR) is 89.0 cm³/mol. The maximum atomic E-state index is 5.50. The third-order valence-corrected chi connectivity index (χ3v) is 4.12. The molecular weight excluding hydrogens is 260 g/mol. The smallest absolute Gasteiger partial charge is 0.129 e. The number of hydrogen-bond donors (Lipinski definition) is 0. The Hall–Kier alpha value is -1.35. The fraction of sp³-hybridized carbons (Fsp3) is 0.611. The van der Waals surface area contributed by atoms with Gasteiger partial charge >= 0.3 is 0 Å². The SMILES string of the molecule is C/C(=N\OCCN1CCCCC1)c1cccc(C(C)C)c1. The summed E-state index contributed by atoms with van der Waals surface area (Å²) in [6, 6.07) is 8.56. The summed E-state index contributed by atoms with van der Waals surface area (Å²) in [5.41, 5.74) is 3.45. The van der Waals surface area contributed by atoms with E-state index in [0.29, 0.717) is 12.5 Å². The summed E-state index contributed by atoms with van der Waals surface area (Å²) in [4.78, 5) is 7.97. The zero-order chi connectivity index (χ0) is 15.1. The third-order valence-electron chi connectivity index (χ3n) is 4.12. The lowest BCUT2D eigenvalue weighted by molar-refractivity contribution is 0.102. The second kappa shape index (κ2) is 8.18. The molecule has 1 aromatic rings. The average Bonchev–Trinajstić information content (AvgIpc) is 2.52. The van der Waals surface area contributed by atoms with Crippen LogP contribution in [-0.4, -0.2) is 36.9 Å². The summed E-state index contributed by atoms with van der Waals surface area (Å²) in [6.45, 7) is 10.5. The van der Waals surface area contributed by atoms with Gasteiger partial charge in [0.05, 0.1) is 5.71 Å². The van der Waals surface area contributed by atoms with E-state index in [1.165, 1.54) is 37.9 Å². The van der Waals surface area contributed by atoms with E-state index in [0.717, 1.165) is 17.8 Å². The summed E-state index contributed by atoms with van der Waals surface area (Å²) < 4.78 is 0. The minimum Gasteiger partial charge on any atom is -0.394 e. The predicted octanol–water partition coefficient (Wildman–Crippen LogP) is 4.04. The number of piperidine rings is 1.